The van der Waals surface area contributed by atoms with Crippen molar-refractivity contribution in [2.45, 2.75) is 18.9 Å². The lowest BCUT2D eigenvalue weighted by Crippen LogP contribution is -2.46. The average molecular weight is 361 g/mol. The Morgan fingerprint density at radius 2 is 1.41 bits per heavy atom. The van der Waals surface area contributed by atoms with Crippen molar-refractivity contribution < 1.29 is 0 Å². The summed E-state index contributed by atoms with van der Waals surface area (Å²) in [5, 5.41) is 0. The molecule has 0 radical (unpaired) electrons. The van der Waals surface area contributed by atoms with Crippen molar-refractivity contribution in [2.24, 2.45) is 0 Å². The van der Waals surface area contributed by atoms with Gasteiger partial charge in [0.15, 0.2) is 0 Å². The average Bonchev–Trinajstić information content (AvgIpc) is 3.24. The molecule has 2 heterocycles. The number of hydrogen-bond acceptors (Lipinski definition) is 3. The van der Waals surface area contributed by atoms with Gasteiger partial charge in [0.25, 0.3) is 0 Å². The molecular formula is C23H28N4. The molecule has 1 fully saturated rings. The van der Waals surface area contributed by atoms with Gasteiger partial charge in [-0.2, -0.15) is 0 Å². The fourth-order valence-electron chi connectivity index (χ4n) is 3.99. The third kappa shape index (κ3) is 4.85. The topological polar surface area (TPSA) is 35.2 Å². The lowest BCUT2D eigenvalue weighted by atomic mass is 9.88. The minimum absolute atomic E-state index is 0.468. The van der Waals surface area contributed by atoms with E-state index in [1.54, 1.807) is 6.33 Å². The number of nitrogens with zero attached hydrogens (tertiary/aromatic N) is 3. The van der Waals surface area contributed by atoms with Crippen molar-refractivity contribution >= 4 is 0 Å². The number of imidazole rings is 1. The second kappa shape index (κ2) is 8.98. The smallest absolute Gasteiger partial charge is 0.0922 e. The van der Waals surface area contributed by atoms with Gasteiger partial charge in [-0.05, 0) is 24.1 Å². The highest BCUT2D eigenvalue weighted by atomic mass is 15.3. The van der Waals surface area contributed by atoms with E-state index in [0.29, 0.717) is 5.92 Å². The molecule has 2 aromatic carbocycles. The van der Waals surface area contributed by atoms with E-state index >= 15 is 0 Å². The van der Waals surface area contributed by atoms with Crippen LogP contribution in [0, 0.1) is 0 Å². The van der Waals surface area contributed by atoms with Gasteiger partial charge in [0.2, 0.25) is 0 Å². The molecule has 0 spiro atoms. The minimum atomic E-state index is 0.468. The fraction of sp³-hybridized carbons (Fsp3) is 0.348. The van der Waals surface area contributed by atoms with Gasteiger partial charge in [-0.15, -0.1) is 0 Å². The first-order chi connectivity index (χ1) is 13.4. The highest BCUT2D eigenvalue weighted by Crippen LogP contribution is 2.28. The van der Waals surface area contributed by atoms with Crippen molar-refractivity contribution in [1.82, 2.24) is 19.8 Å². The standard InChI is InChI=1S/C23H28N4/c1-3-7-20(8-4-1)23(21-9-5-2-6-10-21)11-12-26-13-15-27(16-14-26)18-22-17-24-19-25-22/h1-10,17,19,23H,11-16,18H2,(H,24,25). The van der Waals surface area contributed by atoms with Crippen LogP contribution >= 0.6 is 0 Å². The highest BCUT2D eigenvalue weighted by molar-refractivity contribution is 5.32. The van der Waals surface area contributed by atoms with Crippen molar-refractivity contribution in [3.05, 3.63) is 90.0 Å². The van der Waals surface area contributed by atoms with Crippen LogP contribution in [0.2, 0.25) is 0 Å². The van der Waals surface area contributed by atoms with E-state index in [9.17, 15) is 0 Å². The molecule has 0 bridgehead atoms. The van der Waals surface area contributed by atoms with Gasteiger partial charge in [-0.1, -0.05) is 60.7 Å². The van der Waals surface area contributed by atoms with Crippen molar-refractivity contribution in [3.63, 3.8) is 0 Å². The zero-order valence-corrected chi connectivity index (χ0v) is 15.8. The zero-order chi connectivity index (χ0) is 18.3. The predicted molar refractivity (Wildman–Crippen MR) is 110 cm³/mol. The summed E-state index contributed by atoms with van der Waals surface area (Å²) < 4.78 is 0. The first kappa shape index (κ1) is 18.0. The van der Waals surface area contributed by atoms with Crippen molar-refractivity contribution in [1.29, 1.82) is 0 Å². The van der Waals surface area contributed by atoms with Gasteiger partial charge in [-0.25, -0.2) is 4.98 Å². The molecule has 140 valence electrons. The molecule has 0 unspecified atom stereocenters. The monoisotopic (exact) mass is 360 g/mol. The van der Waals surface area contributed by atoms with E-state index in [0.717, 1.165) is 45.7 Å². The van der Waals surface area contributed by atoms with E-state index in [-0.39, 0.29) is 0 Å². The molecule has 1 N–H and O–H groups in total. The van der Waals surface area contributed by atoms with Gasteiger partial charge in [-0.3, -0.25) is 4.90 Å². The molecule has 3 aromatic rings. The Kier molecular flexibility index (Phi) is 5.97. The van der Waals surface area contributed by atoms with Crippen LogP contribution in [0.25, 0.3) is 0 Å². The van der Waals surface area contributed by atoms with E-state index in [1.807, 2.05) is 6.20 Å². The quantitative estimate of drug-likeness (QED) is 0.697. The summed E-state index contributed by atoms with van der Waals surface area (Å²) in [6, 6.07) is 21.9. The molecule has 0 amide bonds. The summed E-state index contributed by atoms with van der Waals surface area (Å²) >= 11 is 0. The van der Waals surface area contributed by atoms with Crippen LogP contribution in [0.1, 0.15) is 29.2 Å². The fourth-order valence-corrected chi connectivity index (χ4v) is 3.99. The Balaban J connectivity index is 1.33. The summed E-state index contributed by atoms with van der Waals surface area (Å²) in [5.74, 6) is 0.468. The number of aromatic amines is 1. The molecule has 4 rings (SSSR count). The third-order valence-electron chi connectivity index (χ3n) is 5.55. The Bertz CT molecular complexity index is 738. The van der Waals surface area contributed by atoms with Crippen molar-refractivity contribution in [3.8, 4) is 0 Å². The van der Waals surface area contributed by atoms with Crippen LogP contribution in [0.4, 0.5) is 0 Å². The molecule has 4 nitrogen and oxygen atoms in total. The molecule has 27 heavy (non-hydrogen) atoms. The number of benzene rings is 2. The van der Waals surface area contributed by atoms with Crippen LogP contribution in [-0.2, 0) is 6.54 Å². The van der Waals surface area contributed by atoms with Crippen LogP contribution < -0.4 is 0 Å². The first-order valence-electron chi connectivity index (χ1n) is 9.90. The zero-order valence-electron chi connectivity index (χ0n) is 15.8. The summed E-state index contributed by atoms with van der Waals surface area (Å²) in [6.45, 7) is 6.66. The molecule has 0 atom stereocenters. The van der Waals surface area contributed by atoms with Gasteiger partial charge in [0.05, 0.1) is 6.33 Å². The third-order valence-corrected chi connectivity index (χ3v) is 5.55. The lowest BCUT2D eigenvalue weighted by Gasteiger charge is -2.35. The van der Waals surface area contributed by atoms with E-state index < -0.39 is 0 Å². The first-order valence-corrected chi connectivity index (χ1v) is 9.90. The second-order valence-electron chi connectivity index (χ2n) is 7.36. The second-order valence-corrected chi connectivity index (χ2v) is 7.36. The van der Waals surface area contributed by atoms with E-state index in [2.05, 4.69) is 80.4 Å². The molecule has 1 aliphatic rings. The molecular weight excluding hydrogens is 332 g/mol. The summed E-state index contributed by atoms with van der Waals surface area (Å²) in [4.78, 5) is 12.4. The van der Waals surface area contributed by atoms with E-state index in [1.165, 1.54) is 16.8 Å². The SMILES string of the molecule is c1ccc(C(CCN2CCN(Cc3cnc[nH]3)CC2)c2ccccc2)cc1. The highest BCUT2D eigenvalue weighted by Gasteiger charge is 2.20. The Labute approximate surface area is 161 Å². The van der Waals surface area contributed by atoms with Crippen LogP contribution in [0.5, 0.6) is 0 Å². The Morgan fingerprint density at radius 1 is 0.815 bits per heavy atom. The Hall–Kier alpha value is -2.43. The normalized spacial score (nSPS) is 16.0. The maximum absolute atomic E-state index is 4.12. The Morgan fingerprint density at radius 3 is 1.96 bits per heavy atom. The summed E-state index contributed by atoms with van der Waals surface area (Å²) in [6.07, 6.45) is 4.85. The van der Waals surface area contributed by atoms with Gasteiger partial charge >= 0.3 is 0 Å². The number of rotatable bonds is 7. The van der Waals surface area contributed by atoms with E-state index in [4.69, 9.17) is 0 Å². The number of piperazine rings is 1. The number of hydrogen-bond donors (Lipinski definition) is 1. The molecule has 0 aliphatic carbocycles. The molecule has 1 aliphatic heterocycles. The minimum Gasteiger partial charge on any atom is -0.347 e. The molecule has 0 saturated carbocycles. The molecule has 4 heteroatoms. The molecule has 1 aromatic heterocycles. The van der Waals surface area contributed by atoms with Gasteiger partial charge in [0.1, 0.15) is 0 Å². The largest absolute Gasteiger partial charge is 0.347 e. The number of aromatic nitrogens is 2. The van der Waals surface area contributed by atoms with Crippen LogP contribution in [0.15, 0.2) is 73.2 Å². The van der Waals surface area contributed by atoms with Gasteiger partial charge < -0.3 is 9.88 Å². The maximum Gasteiger partial charge on any atom is 0.0922 e. The summed E-state index contributed by atoms with van der Waals surface area (Å²) in [5.41, 5.74) is 4.04. The maximum atomic E-state index is 4.12. The van der Waals surface area contributed by atoms with Crippen LogP contribution in [-0.4, -0.2) is 52.5 Å². The van der Waals surface area contributed by atoms with Crippen molar-refractivity contribution in [2.75, 3.05) is 32.7 Å². The summed E-state index contributed by atoms with van der Waals surface area (Å²) in [7, 11) is 0. The number of H-pyrrole nitrogens is 1. The van der Waals surface area contributed by atoms with Gasteiger partial charge in [0, 0.05) is 50.5 Å². The lowest BCUT2D eigenvalue weighted by molar-refractivity contribution is 0.124. The number of nitrogens with one attached hydrogen (secondary N) is 1. The predicted octanol–water partition coefficient (Wildman–Crippen LogP) is 3.75. The van der Waals surface area contributed by atoms with Crippen LogP contribution in [0.3, 0.4) is 0 Å². The molecule has 1 saturated heterocycles.